The second-order valence-electron chi connectivity index (χ2n) is 5.83. The summed E-state index contributed by atoms with van der Waals surface area (Å²) in [6.45, 7) is 7.64. The lowest BCUT2D eigenvalue weighted by atomic mass is 10.0. The lowest BCUT2D eigenvalue weighted by Crippen LogP contribution is -2.16. The maximum Gasteiger partial charge on any atom is 0.276 e. The molecule has 3 aromatic rings. The van der Waals surface area contributed by atoms with Crippen molar-refractivity contribution in [1.29, 1.82) is 0 Å². The fourth-order valence-corrected chi connectivity index (χ4v) is 3.34. The van der Waals surface area contributed by atoms with Crippen LogP contribution in [0.5, 0.6) is 0 Å². The first-order chi connectivity index (χ1) is 11.3. The van der Waals surface area contributed by atoms with E-state index >= 15 is 0 Å². The van der Waals surface area contributed by atoms with Gasteiger partial charge < -0.3 is 0 Å². The van der Waals surface area contributed by atoms with Gasteiger partial charge in [0.15, 0.2) is 5.13 Å². The molecule has 0 atom stereocenters. The minimum Gasteiger partial charge on any atom is -0.296 e. The van der Waals surface area contributed by atoms with Crippen molar-refractivity contribution in [2.24, 2.45) is 7.05 Å². The molecule has 1 amide bonds. The summed E-state index contributed by atoms with van der Waals surface area (Å²) in [5, 5.41) is 9.70. The molecule has 6 nitrogen and oxygen atoms in total. The van der Waals surface area contributed by atoms with Crippen molar-refractivity contribution in [3.05, 3.63) is 45.9 Å². The van der Waals surface area contributed by atoms with Crippen molar-refractivity contribution < 1.29 is 4.79 Å². The van der Waals surface area contributed by atoms with Crippen LogP contribution in [0.25, 0.3) is 11.3 Å². The summed E-state index contributed by atoms with van der Waals surface area (Å²) < 4.78 is 1.82. The summed E-state index contributed by atoms with van der Waals surface area (Å²) in [4.78, 5) is 21.3. The Morgan fingerprint density at radius 3 is 2.42 bits per heavy atom. The van der Waals surface area contributed by atoms with Gasteiger partial charge in [0.25, 0.3) is 5.91 Å². The number of amides is 1. The van der Waals surface area contributed by atoms with Gasteiger partial charge in [-0.25, -0.2) is 9.97 Å². The largest absolute Gasteiger partial charge is 0.296 e. The molecule has 124 valence electrons. The van der Waals surface area contributed by atoms with E-state index in [-0.39, 0.29) is 5.91 Å². The normalized spacial score (nSPS) is 10.9. The molecule has 3 aromatic heterocycles. The van der Waals surface area contributed by atoms with Crippen molar-refractivity contribution >= 4 is 22.4 Å². The minimum atomic E-state index is -0.245. The molecule has 7 heteroatoms. The van der Waals surface area contributed by atoms with Gasteiger partial charge in [-0.15, -0.1) is 11.3 Å². The molecule has 0 saturated heterocycles. The average molecular weight is 341 g/mol. The van der Waals surface area contributed by atoms with Gasteiger partial charge in [-0.05, 0) is 45.4 Å². The molecule has 0 bridgehead atoms. The highest BCUT2D eigenvalue weighted by Gasteiger charge is 2.18. The maximum absolute atomic E-state index is 12.6. The van der Waals surface area contributed by atoms with Crippen LogP contribution in [-0.4, -0.2) is 25.7 Å². The molecular formula is C17H19N5OS. The number of aromatic nitrogens is 4. The topological polar surface area (TPSA) is 72.7 Å². The van der Waals surface area contributed by atoms with Gasteiger partial charge in [-0.3, -0.25) is 14.8 Å². The Balaban J connectivity index is 2.02. The number of hydrogen-bond donors (Lipinski definition) is 1. The van der Waals surface area contributed by atoms with E-state index in [9.17, 15) is 4.79 Å². The summed E-state index contributed by atoms with van der Waals surface area (Å²) in [7, 11) is 1.90. The molecule has 3 rings (SSSR count). The monoisotopic (exact) mass is 341 g/mol. The van der Waals surface area contributed by atoms with Crippen LogP contribution in [0, 0.1) is 27.7 Å². The molecular weight excluding hydrogens is 322 g/mol. The lowest BCUT2D eigenvalue weighted by molar-refractivity contribution is 0.102. The smallest absolute Gasteiger partial charge is 0.276 e. The maximum atomic E-state index is 12.6. The predicted octanol–water partition coefficient (Wildman–Crippen LogP) is 3.42. The number of hydrogen-bond acceptors (Lipinski definition) is 5. The van der Waals surface area contributed by atoms with Gasteiger partial charge in [-0.1, -0.05) is 0 Å². The highest BCUT2D eigenvalue weighted by atomic mass is 32.1. The summed E-state index contributed by atoms with van der Waals surface area (Å²) in [5.41, 5.74) is 5.78. The zero-order valence-corrected chi connectivity index (χ0v) is 15.2. The van der Waals surface area contributed by atoms with Crippen LogP contribution in [0.3, 0.4) is 0 Å². The van der Waals surface area contributed by atoms with Gasteiger partial charge in [-0.2, -0.15) is 5.10 Å². The summed E-state index contributed by atoms with van der Waals surface area (Å²) in [6.07, 6.45) is 0. The predicted molar refractivity (Wildman–Crippen MR) is 95.5 cm³/mol. The quantitative estimate of drug-likeness (QED) is 0.792. The summed E-state index contributed by atoms with van der Waals surface area (Å²) in [5.74, 6) is -0.245. The number of rotatable bonds is 3. The number of carbonyl (C=O) groups is 1. The molecule has 0 aromatic carbocycles. The van der Waals surface area contributed by atoms with Gasteiger partial charge in [0.05, 0.1) is 17.1 Å². The molecule has 0 aliphatic rings. The van der Waals surface area contributed by atoms with E-state index in [0.29, 0.717) is 10.8 Å². The van der Waals surface area contributed by atoms with Crippen molar-refractivity contribution in [3.63, 3.8) is 0 Å². The Kier molecular flexibility index (Phi) is 4.19. The third kappa shape index (κ3) is 3.07. The fourth-order valence-electron chi connectivity index (χ4n) is 2.65. The molecule has 1 N–H and O–H groups in total. The van der Waals surface area contributed by atoms with E-state index < -0.39 is 0 Å². The van der Waals surface area contributed by atoms with Crippen molar-refractivity contribution in [1.82, 2.24) is 19.7 Å². The van der Waals surface area contributed by atoms with E-state index in [1.807, 2.05) is 56.9 Å². The number of aryl methyl sites for hydroxylation is 4. The SMILES string of the molecule is Cc1csc(NC(=O)c2nc(C)cc(-c3cc(C)nn3C)c2C)n1. The van der Waals surface area contributed by atoms with Gasteiger partial charge in [0, 0.05) is 23.7 Å². The zero-order valence-electron chi connectivity index (χ0n) is 14.3. The number of carbonyl (C=O) groups excluding carboxylic acids is 1. The summed E-state index contributed by atoms with van der Waals surface area (Å²) in [6, 6.07) is 3.99. The third-order valence-corrected chi connectivity index (χ3v) is 4.61. The first-order valence-corrected chi connectivity index (χ1v) is 8.46. The fraction of sp³-hybridized carbons (Fsp3) is 0.294. The molecule has 24 heavy (non-hydrogen) atoms. The highest BCUT2D eigenvalue weighted by Crippen LogP contribution is 2.27. The van der Waals surface area contributed by atoms with Crippen LogP contribution in [0.15, 0.2) is 17.5 Å². The van der Waals surface area contributed by atoms with E-state index in [4.69, 9.17) is 0 Å². The molecule has 0 spiro atoms. The Hall–Kier alpha value is -2.54. The Labute approximate surface area is 144 Å². The minimum absolute atomic E-state index is 0.245. The first kappa shape index (κ1) is 16.3. The van der Waals surface area contributed by atoms with Gasteiger partial charge in [0.1, 0.15) is 5.69 Å². The van der Waals surface area contributed by atoms with Crippen LogP contribution in [0.4, 0.5) is 5.13 Å². The van der Waals surface area contributed by atoms with Crippen molar-refractivity contribution in [2.45, 2.75) is 27.7 Å². The number of nitrogens with one attached hydrogen (secondary N) is 1. The zero-order chi connectivity index (χ0) is 17.4. The van der Waals surface area contributed by atoms with E-state index in [2.05, 4.69) is 20.4 Å². The lowest BCUT2D eigenvalue weighted by Gasteiger charge is -2.12. The summed E-state index contributed by atoms with van der Waals surface area (Å²) >= 11 is 1.40. The molecule has 0 saturated carbocycles. The second-order valence-corrected chi connectivity index (χ2v) is 6.69. The van der Waals surface area contributed by atoms with Crippen LogP contribution in [-0.2, 0) is 7.05 Å². The standard InChI is InChI=1S/C17H19N5OS/c1-9-6-13(14-7-10(2)21-22(14)5)12(4)15(18-9)16(23)20-17-19-11(3)8-24-17/h6-8H,1-5H3,(H,19,20,23). The number of pyridine rings is 1. The Morgan fingerprint density at radius 2 is 1.83 bits per heavy atom. The molecule has 0 aliphatic heterocycles. The van der Waals surface area contributed by atoms with E-state index in [1.165, 1.54) is 11.3 Å². The molecule has 0 unspecified atom stereocenters. The molecule has 0 aliphatic carbocycles. The number of nitrogens with zero attached hydrogens (tertiary/aromatic N) is 4. The second kappa shape index (κ2) is 6.16. The Morgan fingerprint density at radius 1 is 1.08 bits per heavy atom. The van der Waals surface area contributed by atoms with Crippen LogP contribution < -0.4 is 5.32 Å². The van der Waals surface area contributed by atoms with E-state index in [0.717, 1.165) is 33.9 Å². The average Bonchev–Trinajstić information content (AvgIpc) is 3.06. The van der Waals surface area contributed by atoms with Crippen molar-refractivity contribution in [2.75, 3.05) is 5.32 Å². The molecule has 0 fully saturated rings. The van der Waals surface area contributed by atoms with Crippen LogP contribution in [0.2, 0.25) is 0 Å². The van der Waals surface area contributed by atoms with E-state index in [1.54, 1.807) is 0 Å². The third-order valence-electron chi connectivity index (χ3n) is 3.73. The molecule has 3 heterocycles. The number of anilines is 1. The van der Waals surface area contributed by atoms with Gasteiger partial charge >= 0.3 is 0 Å². The van der Waals surface area contributed by atoms with Crippen molar-refractivity contribution in [3.8, 4) is 11.3 Å². The highest BCUT2D eigenvalue weighted by molar-refractivity contribution is 7.13. The first-order valence-electron chi connectivity index (χ1n) is 7.58. The Bertz CT molecular complexity index is 925. The number of thiazole rings is 1. The van der Waals surface area contributed by atoms with Gasteiger partial charge in [0.2, 0.25) is 0 Å². The molecule has 0 radical (unpaired) electrons. The van der Waals surface area contributed by atoms with Crippen LogP contribution >= 0.6 is 11.3 Å². The van der Waals surface area contributed by atoms with Crippen LogP contribution in [0.1, 0.15) is 33.1 Å².